The fourth-order valence-electron chi connectivity index (χ4n) is 2.14. The first-order chi connectivity index (χ1) is 11.7. The van der Waals surface area contributed by atoms with E-state index >= 15 is 0 Å². The van der Waals surface area contributed by atoms with Crippen LogP contribution in [0.25, 0.3) is 0 Å². The van der Waals surface area contributed by atoms with Crippen molar-refractivity contribution in [3.05, 3.63) is 47.7 Å². The molecule has 1 N–H and O–H groups in total. The number of carboxylic acid groups (broad SMARTS) is 1. The van der Waals surface area contributed by atoms with E-state index in [9.17, 15) is 9.59 Å². The number of hydrogen-bond acceptors (Lipinski definition) is 6. The number of rotatable bonds is 5. The normalized spacial score (nSPS) is 12.5. The van der Waals surface area contributed by atoms with E-state index in [-0.39, 0.29) is 5.89 Å². The van der Waals surface area contributed by atoms with Crippen molar-refractivity contribution < 1.29 is 23.8 Å². The summed E-state index contributed by atoms with van der Waals surface area (Å²) in [5.41, 5.74) is 0.266. The minimum Gasteiger partial charge on any atom is -0.474 e. The summed E-state index contributed by atoms with van der Waals surface area (Å²) in [4.78, 5) is 24.7. The van der Waals surface area contributed by atoms with Gasteiger partial charge in [-0.3, -0.25) is 4.90 Å². The number of benzene rings is 1. The van der Waals surface area contributed by atoms with Crippen LogP contribution >= 0.6 is 0 Å². The third kappa shape index (κ3) is 5.03. The lowest BCUT2D eigenvalue weighted by Crippen LogP contribution is -2.37. The molecule has 1 aromatic carbocycles. The smallest absolute Gasteiger partial charge is 0.410 e. The van der Waals surface area contributed by atoms with Crippen LogP contribution in [-0.4, -0.2) is 44.9 Å². The lowest BCUT2D eigenvalue weighted by molar-refractivity contribution is 0.0194. The highest BCUT2D eigenvalue weighted by Crippen LogP contribution is 2.25. The fraction of sp³-hybridized carbons (Fsp3) is 0.412. The van der Waals surface area contributed by atoms with Crippen molar-refractivity contribution in [2.24, 2.45) is 0 Å². The highest BCUT2D eigenvalue weighted by molar-refractivity contribution is 5.81. The number of carbonyl (C=O) groups is 2. The van der Waals surface area contributed by atoms with Crippen LogP contribution in [0.2, 0.25) is 0 Å². The van der Waals surface area contributed by atoms with E-state index in [2.05, 4.69) is 10.2 Å². The summed E-state index contributed by atoms with van der Waals surface area (Å²) in [6.45, 7) is 5.29. The van der Waals surface area contributed by atoms with E-state index in [1.54, 1.807) is 27.8 Å². The van der Waals surface area contributed by atoms with Gasteiger partial charge < -0.3 is 14.3 Å². The summed E-state index contributed by atoms with van der Waals surface area (Å²) >= 11 is 0. The average Bonchev–Trinajstić information content (AvgIpc) is 3.01. The molecule has 1 amide bonds. The number of nitrogens with zero attached hydrogens (tertiary/aromatic N) is 3. The molecular formula is C17H21N3O5. The van der Waals surface area contributed by atoms with Crippen molar-refractivity contribution in [2.45, 2.75) is 38.8 Å². The molecule has 0 aliphatic rings. The summed E-state index contributed by atoms with van der Waals surface area (Å²) in [6.07, 6.45) is -0.193. The van der Waals surface area contributed by atoms with Gasteiger partial charge in [-0.15, -0.1) is 10.2 Å². The topological polar surface area (TPSA) is 106 Å². The second-order valence-electron chi connectivity index (χ2n) is 6.55. The van der Waals surface area contributed by atoms with Crippen LogP contribution in [-0.2, 0) is 11.2 Å². The molecule has 2 aromatic rings. The number of likely N-dealkylation sites (N-methyl/N-ethyl adjacent to an activating group) is 1. The Labute approximate surface area is 145 Å². The molecule has 0 spiro atoms. The molecule has 0 aliphatic carbocycles. The Morgan fingerprint density at radius 1 is 1.24 bits per heavy atom. The molecular weight excluding hydrogens is 326 g/mol. The quantitative estimate of drug-likeness (QED) is 0.886. The van der Waals surface area contributed by atoms with Crippen LogP contribution in [0.5, 0.6) is 0 Å². The minimum absolute atomic E-state index is 0.0367. The van der Waals surface area contributed by atoms with Crippen LogP contribution in [0.4, 0.5) is 4.79 Å². The molecule has 8 nitrogen and oxygen atoms in total. The highest BCUT2D eigenvalue weighted by atomic mass is 16.6. The summed E-state index contributed by atoms with van der Waals surface area (Å²) in [5.74, 6) is -1.81. The Bertz CT molecular complexity index is 736. The molecule has 0 fully saturated rings. The Hall–Kier alpha value is -2.90. The maximum absolute atomic E-state index is 12.4. The third-order valence-electron chi connectivity index (χ3n) is 3.33. The molecule has 8 heteroatoms. The number of hydrogen-bond donors (Lipinski definition) is 1. The van der Waals surface area contributed by atoms with Gasteiger partial charge >= 0.3 is 18.0 Å². The first-order valence-corrected chi connectivity index (χ1v) is 7.74. The van der Waals surface area contributed by atoms with Crippen molar-refractivity contribution in [2.75, 3.05) is 7.05 Å². The van der Waals surface area contributed by atoms with Gasteiger partial charge in [-0.25, -0.2) is 9.59 Å². The molecule has 1 atom stereocenters. The van der Waals surface area contributed by atoms with E-state index in [0.29, 0.717) is 6.42 Å². The molecule has 1 heterocycles. The van der Waals surface area contributed by atoms with Gasteiger partial charge in [-0.2, -0.15) is 0 Å². The Balaban J connectivity index is 2.30. The van der Waals surface area contributed by atoms with Crippen LogP contribution in [0.1, 0.15) is 49.0 Å². The maximum Gasteiger partial charge on any atom is 0.410 e. The number of ether oxygens (including phenoxy) is 1. The predicted octanol–water partition coefficient (Wildman–Crippen LogP) is 2.92. The first-order valence-electron chi connectivity index (χ1n) is 7.74. The van der Waals surface area contributed by atoms with Crippen molar-refractivity contribution in [3.8, 4) is 0 Å². The first kappa shape index (κ1) is 18.4. The molecule has 0 radical (unpaired) electrons. The van der Waals surface area contributed by atoms with Gasteiger partial charge in [0.05, 0.1) is 0 Å². The molecule has 2 rings (SSSR count). The van der Waals surface area contributed by atoms with Gasteiger partial charge in [0, 0.05) is 13.5 Å². The van der Waals surface area contributed by atoms with Crippen molar-refractivity contribution >= 4 is 12.1 Å². The van der Waals surface area contributed by atoms with E-state index in [1.807, 2.05) is 30.3 Å². The van der Waals surface area contributed by atoms with Crippen molar-refractivity contribution in [1.29, 1.82) is 0 Å². The lowest BCUT2D eigenvalue weighted by Gasteiger charge is -2.29. The zero-order chi connectivity index (χ0) is 18.6. The average molecular weight is 347 g/mol. The van der Waals surface area contributed by atoms with Gasteiger partial charge in [-0.1, -0.05) is 30.3 Å². The number of amides is 1. The maximum atomic E-state index is 12.4. The summed E-state index contributed by atoms with van der Waals surface area (Å²) in [5, 5.41) is 16.3. The molecule has 0 aliphatic heterocycles. The zero-order valence-electron chi connectivity index (χ0n) is 14.6. The van der Waals surface area contributed by atoms with Crippen LogP contribution in [0.15, 0.2) is 34.7 Å². The zero-order valence-corrected chi connectivity index (χ0v) is 14.6. The Morgan fingerprint density at radius 2 is 1.88 bits per heavy atom. The molecule has 0 saturated carbocycles. The van der Waals surface area contributed by atoms with Crippen LogP contribution in [0.3, 0.4) is 0 Å². The van der Waals surface area contributed by atoms with Crippen molar-refractivity contribution in [1.82, 2.24) is 15.1 Å². The minimum atomic E-state index is -1.32. The van der Waals surface area contributed by atoms with E-state index in [4.69, 9.17) is 14.3 Å². The Morgan fingerprint density at radius 3 is 2.40 bits per heavy atom. The second-order valence-corrected chi connectivity index (χ2v) is 6.55. The molecule has 1 aromatic heterocycles. The van der Waals surface area contributed by atoms with Gasteiger partial charge in [0.25, 0.3) is 0 Å². The third-order valence-corrected chi connectivity index (χ3v) is 3.33. The van der Waals surface area contributed by atoms with Crippen LogP contribution < -0.4 is 0 Å². The van der Waals surface area contributed by atoms with Crippen LogP contribution in [0, 0.1) is 0 Å². The molecule has 0 saturated heterocycles. The number of carbonyl (C=O) groups excluding carboxylic acids is 1. The molecule has 25 heavy (non-hydrogen) atoms. The van der Waals surface area contributed by atoms with E-state index in [0.717, 1.165) is 5.56 Å². The second kappa shape index (κ2) is 7.33. The highest BCUT2D eigenvalue weighted by Gasteiger charge is 2.31. The molecule has 0 unspecified atom stereocenters. The number of aromatic nitrogens is 2. The Kier molecular flexibility index (Phi) is 5.41. The number of aromatic carboxylic acids is 1. The predicted molar refractivity (Wildman–Crippen MR) is 88.1 cm³/mol. The molecule has 134 valence electrons. The monoisotopic (exact) mass is 347 g/mol. The van der Waals surface area contributed by atoms with E-state index < -0.39 is 29.6 Å². The summed E-state index contributed by atoms with van der Waals surface area (Å²) < 4.78 is 10.6. The summed E-state index contributed by atoms with van der Waals surface area (Å²) in [7, 11) is 1.55. The summed E-state index contributed by atoms with van der Waals surface area (Å²) in [6, 6.07) is 8.75. The van der Waals surface area contributed by atoms with Crippen molar-refractivity contribution in [3.63, 3.8) is 0 Å². The SMILES string of the molecule is CN(C(=O)OC(C)(C)C)[C@H](Cc1ccccc1)c1nnc(C(=O)O)o1. The van der Waals surface area contributed by atoms with Gasteiger partial charge in [0.2, 0.25) is 5.89 Å². The number of carboxylic acids is 1. The van der Waals surface area contributed by atoms with Gasteiger partial charge in [0.1, 0.15) is 11.6 Å². The van der Waals surface area contributed by atoms with Gasteiger partial charge in [-0.05, 0) is 26.3 Å². The van der Waals surface area contributed by atoms with E-state index in [1.165, 1.54) is 4.90 Å². The molecule has 0 bridgehead atoms. The fourth-order valence-corrected chi connectivity index (χ4v) is 2.14. The standard InChI is InChI=1S/C17H21N3O5/c1-17(2,3)25-16(23)20(4)12(10-11-8-6-5-7-9-11)13-18-19-14(24-13)15(21)22/h5-9,12H,10H2,1-4H3,(H,21,22)/t12-/m1/s1. The largest absolute Gasteiger partial charge is 0.474 e. The van der Waals surface area contributed by atoms with Gasteiger partial charge in [0.15, 0.2) is 0 Å². The lowest BCUT2D eigenvalue weighted by atomic mass is 10.1.